The first kappa shape index (κ1) is 15.8. The number of furan rings is 1. The molecule has 1 heterocycles. The summed E-state index contributed by atoms with van der Waals surface area (Å²) < 4.78 is 5.50. The summed E-state index contributed by atoms with van der Waals surface area (Å²) in [6.45, 7) is 10.4. The van der Waals surface area contributed by atoms with Crippen molar-refractivity contribution in [3.8, 4) is 0 Å². The number of nitrogens with one attached hydrogen (secondary N) is 2. The summed E-state index contributed by atoms with van der Waals surface area (Å²) in [5, 5.41) is 6.25. The Kier molecular flexibility index (Phi) is 6.09. The van der Waals surface area contributed by atoms with Gasteiger partial charge in [-0.05, 0) is 39.7 Å². The lowest BCUT2D eigenvalue weighted by atomic mass is 10.1. The summed E-state index contributed by atoms with van der Waals surface area (Å²) in [5.41, 5.74) is 1.12. The Balaban J connectivity index is 2.44. The highest BCUT2D eigenvalue weighted by atomic mass is 16.3. The molecule has 1 rings (SSSR count). The molecular formula is C15H26N2O2. The zero-order valence-corrected chi connectivity index (χ0v) is 12.7. The smallest absolute Gasteiger partial charge is 0.234 e. The predicted molar refractivity (Wildman–Crippen MR) is 77.1 cm³/mol. The SMILES string of the molecule is CCC(CC)NC(=O)CNC(C)c1cc(C)oc1C. The highest BCUT2D eigenvalue weighted by molar-refractivity contribution is 5.78. The molecule has 0 saturated carbocycles. The molecule has 19 heavy (non-hydrogen) atoms. The number of carbonyl (C=O) groups is 1. The predicted octanol–water partition coefficient (Wildman–Crippen LogP) is 2.85. The fourth-order valence-electron chi connectivity index (χ4n) is 2.21. The van der Waals surface area contributed by atoms with Crippen LogP contribution in [0.3, 0.4) is 0 Å². The first-order valence-corrected chi connectivity index (χ1v) is 7.07. The Hall–Kier alpha value is -1.29. The summed E-state index contributed by atoms with van der Waals surface area (Å²) in [7, 11) is 0. The van der Waals surface area contributed by atoms with E-state index in [0.717, 1.165) is 29.9 Å². The van der Waals surface area contributed by atoms with Crippen molar-refractivity contribution >= 4 is 5.91 Å². The van der Waals surface area contributed by atoms with E-state index >= 15 is 0 Å². The molecule has 0 aliphatic heterocycles. The standard InChI is InChI=1S/C15H26N2O2/c1-6-13(7-2)17-15(18)9-16-11(4)14-8-10(3)19-12(14)5/h8,11,13,16H,6-7,9H2,1-5H3,(H,17,18). The molecule has 0 fully saturated rings. The Morgan fingerprint density at radius 2 is 1.95 bits per heavy atom. The van der Waals surface area contributed by atoms with Crippen LogP contribution < -0.4 is 10.6 Å². The number of carbonyl (C=O) groups excluding carboxylic acids is 1. The summed E-state index contributed by atoms with van der Waals surface area (Å²) in [6, 6.07) is 2.42. The lowest BCUT2D eigenvalue weighted by Crippen LogP contribution is -2.40. The third-order valence-corrected chi connectivity index (χ3v) is 3.47. The first-order valence-electron chi connectivity index (χ1n) is 7.07. The average molecular weight is 266 g/mol. The highest BCUT2D eigenvalue weighted by Crippen LogP contribution is 2.20. The van der Waals surface area contributed by atoms with Gasteiger partial charge >= 0.3 is 0 Å². The van der Waals surface area contributed by atoms with E-state index in [1.54, 1.807) is 0 Å². The minimum absolute atomic E-state index is 0.0541. The topological polar surface area (TPSA) is 54.3 Å². The van der Waals surface area contributed by atoms with Gasteiger partial charge in [-0.15, -0.1) is 0 Å². The molecule has 1 amide bonds. The van der Waals surface area contributed by atoms with E-state index in [2.05, 4.69) is 24.5 Å². The van der Waals surface area contributed by atoms with Crippen molar-refractivity contribution in [2.75, 3.05) is 6.54 Å². The van der Waals surface area contributed by atoms with Crippen LogP contribution in [0.25, 0.3) is 0 Å². The molecule has 0 aliphatic carbocycles. The van der Waals surface area contributed by atoms with Crippen LogP contribution in [0.1, 0.15) is 56.7 Å². The number of hydrogen-bond donors (Lipinski definition) is 2. The van der Waals surface area contributed by atoms with Crippen molar-refractivity contribution in [3.63, 3.8) is 0 Å². The van der Waals surface area contributed by atoms with Crippen LogP contribution in [-0.4, -0.2) is 18.5 Å². The van der Waals surface area contributed by atoms with Gasteiger partial charge in [0.05, 0.1) is 6.54 Å². The molecule has 1 aromatic rings. The highest BCUT2D eigenvalue weighted by Gasteiger charge is 2.14. The summed E-state index contributed by atoms with van der Waals surface area (Å²) in [6.07, 6.45) is 1.94. The molecule has 0 spiro atoms. The Labute approximate surface area is 116 Å². The van der Waals surface area contributed by atoms with Gasteiger partial charge in [0, 0.05) is 17.6 Å². The number of amides is 1. The maximum absolute atomic E-state index is 11.8. The second-order valence-electron chi connectivity index (χ2n) is 5.05. The zero-order chi connectivity index (χ0) is 14.4. The maximum Gasteiger partial charge on any atom is 0.234 e. The van der Waals surface area contributed by atoms with Crippen LogP contribution in [0.2, 0.25) is 0 Å². The van der Waals surface area contributed by atoms with Crippen molar-refractivity contribution in [1.82, 2.24) is 10.6 Å². The van der Waals surface area contributed by atoms with E-state index in [1.165, 1.54) is 0 Å². The molecule has 0 radical (unpaired) electrons. The van der Waals surface area contributed by atoms with Gasteiger partial charge in [0.25, 0.3) is 0 Å². The van der Waals surface area contributed by atoms with Crippen LogP contribution in [0.4, 0.5) is 0 Å². The molecule has 108 valence electrons. The zero-order valence-electron chi connectivity index (χ0n) is 12.7. The van der Waals surface area contributed by atoms with Gasteiger partial charge < -0.3 is 15.1 Å². The van der Waals surface area contributed by atoms with Gasteiger partial charge in [0.1, 0.15) is 11.5 Å². The fraction of sp³-hybridized carbons (Fsp3) is 0.667. The second-order valence-corrected chi connectivity index (χ2v) is 5.05. The minimum atomic E-state index is 0.0541. The van der Waals surface area contributed by atoms with E-state index in [1.807, 2.05) is 26.8 Å². The van der Waals surface area contributed by atoms with Crippen LogP contribution in [0.15, 0.2) is 10.5 Å². The number of hydrogen-bond acceptors (Lipinski definition) is 3. The molecule has 2 N–H and O–H groups in total. The summed E-state index contributed by atoms with van der Waals surface area (Å²) in [5.74, 6) is 1.87. The normalized spacial score (nSPS) is 12.7. The Morgan fingerprint density at radius 3 is 2.42 bits per heavy atom. The van der Waals surface area contributed by atoms with Crippen LogP contribution in [0, 0.1) is 13.8 Å². The van der Waals surface area contributed by atoms with E-state index in [-0.39, 0.29) is 18.0 Å². The molecule has 0 saturated heterocycles. The monoisotopic (exact) mass is 266 g/mol. The second kappa shape index (κ2) is 7.34. The van der Waals surface area contributed by atoms with E-state index in [0.29, 0.717) is 6.54 Å². The van der Waals surface area contributed by atoms with Gasteiger partial charge in [-0.2, -0.15) is 0 Å². The van der Waals surface area contributed by atoms with Gasteiger partial charge in [-0.25, -0.2) is 0 Å². The average Bonchev–Trinajstić information content (AvgIpc) is 2.72. The minimum Gasteiger partial charge on any atom is -0.466 e. The molecule has 1 atom stereocenters. The molecule has 1 aromatic heterocycles. The number of rotatable bonds is 7. The quantitative estimate of drug-likeness (QED) is 0.798. The maximum atomic E-state index is 11.8. The molecule has 1 unspecified atom stereocenters. The van der Waals surface area contributed by atoms with Crippen LogP contribution in [-0.2, 0) is 4.79 Å². The van der Waals surface area contributed by atoms with Gasteiger partial charge in [-0.3, -0.25) is 4.79 Å². The molecule has 4 heteroatoms. The van der Waals surface area contributed by atoms with Gasteiger partial charge in [0.2, 0.25) is 5.91 Å². The third kappa shape index (κ3) is 4.71. The van der Waals surface area contributed by atoms with Crippen LogP contribution in [0.5, 0.6) is 0 Å². The summed E-state index contributed by atoms with van der Waals surface area (Å²) in [4.78, 5) is 11.8. The largest absolute Gasteiger partial charge is 0.466 e. The number of aryl methyl sites for hydroxylation is 2. The van der Waals surface area contributed by atoms with Crippen molar-refractivity contribution < 1.29 is 9.21 Å². The lowest BCUT2D eigenvalue weighted by molar-refractivity contribution is -0.121. The Morgan fingerprint density at radius 1 is 1.32 bits per heavy atom. The van der Waals surface area contributed by atoms with Gasteiger partial charge in [0.15, 0.2) is 0 Å². The molecule has 4 nitrogen and oxygen atoms in total. The van der Waals surface area contributed by atoms with Gasteiger partial charge in [-0.1, -0.05) is 13.8 Å². The molecule has 0 bridgehead atoms. The van der Waals surface area contributed by atoms with Crippen molar-refractivity contribution in [3.05, 3.63) is 23.2 Å². The lowest BCUT2D eigenvalue weighted by Gasteiger charge is -2.17. The fourth-order valence-corrected chi connectivity index (χ4v) is 2.21. The van der Waals surface area contributed by atoms with Crippen molar-refractivity contribution in [2.45, 2.75) is 59.5 Å². The van der Waals surface area contributed by atoms with Crippen LogP contribution >= 0.6 is 0 Å². The van der Waals surface area contributed by atoms with E-state index in [4.69, 9.17) is 4.42 Å². The first-order chi connectivity index (χ1) is 8.97. The van der Waals surface area contributed by atoms with E-state index in [9.17, 15) is 4.79 Å². The molecule has 0 aliphatic rings. The van der Waals surface area contributed by atoms with Crippen molar-refractivity contribution in [2.24, 2.45) is 0 Å². The molecule has 0 aromatic carbocycles. The van der Waals surface area contributed by atoms with Crippen molar-refractivity contribution in [1.29, 1.82) is 0 Å². The Bertz CT molecular complexity index is 408. The third-order valence-electron chi connectivity index (χ3n) is 3.47. The molecular weight excluding hydrogens is 240 g/mol. The van der Waals surface area contributed by atoms with E-state index < -0.39 is 0 Å². The summed E-state index contributed by atoms with van der Waals surface area (Å²) >= 11 is 0.